The number of phenols is 1. The molecule has 0 radical (unpaired) electrons. The number of nitrogens with zero attached hydrogens (tertiary/aromatic N) is 4. The van der Waals surface area contributed by atoms with Gasteiger partial charge in [-0.2, -0.15) is 4.98 Å². The Kier molecular flexibility index (Phi) is 6.57. The number of aromatic nitrogens is 4. The normalized spacial score (nSPS) is 12.8. The van der Waals surface area contributed by atoms with Crippen LogP contribution in [-0.4, -0.2) is 42.9 Å². The van der Waals surface area contributed by atoms with E-state index in [-0.39, 0.29) is 29.7 Å². The van der Waals surface area contributed by atoms with Gasteiger partial charge in [0.25, 0.3) is 0 Å². The number of fused-ring (bicyclic) bond motifs is 1. The molecule has 2 aromatic carbocycles. The van der Waals surface area contributed by atoms with Crippen molar-refractivity contribution in [2.45, 2.75) is 31.9 Å². The van der Waals surface area contributed by atoms with E-state index in [2.05, 4.69) is 10.3 Å². The summed E-state index contributed by atoms with van der Waals surface area (Å²) in [4.78, 5) is 37.2. The van der Waals surface area contributed by atoms with Crippen molar-refractivity contribution in [1.29, 1.82) is 0 Å². The summed E-state index contributed by atoms with van der Waals surface area (Å²) in [5.74, 6) is 1.18. The highest BCUT2D eigenvalue weighted by molar-refractivity contribution is 5.83. The molecule has 5 aromatic rings. The van der Waals surface area contributed by atoms with E-state index in [1.54, 1.807) is 12.3 Å². The van der Waals surface area contributed by atoms with E-state index in [4.69, 9.17) is 20.4 Å². The third-order valence-electron chi connectivity index (χ3n) is 6.64. The number of nitrogens with two attached hydrogens (primary N) is 1. The lowest BCUT2D eigenvalue weighted by atomic mass is 10.1. The molecule has 1 fully saturated rings. The number of nitrogen functional groups attached to an aromatic ring is 1. The first kappa shape index (κ1) is 25.1. The molecule has 4 N–H and O–H groups in total. The van der Waals surface area contributed by atoms with Crippen LogP contribution in [0.5, 0.6) is 11.6 Å². The Balaban J connectivity index is 1.25. The fraction of sp³-hybridized carbons (Fsp3) is 0.167. The molecule has 3 aromatic heterocycles. The second-order valence-corrected chi connectivity index (χ2v) is 9.65. The smallest absolute Gasteiger partial charge is 0.224 e. The quantitative estimate of drug-likeness (QED) is 0.241. The number of amides is 1. The summed E-state index contributed by atoms with van der Waals surface area (Å²) in [6.07, 6.45) is 4.56. The first-order valence-electron chi connectivity index (χ1n) is 12.9. The number of nitrogens with one attached hydrogen (secondary N) is 1. The van der Waals surface area contributed by atoms with E-state index < -0.39 is 0 Å². The van der Waals surface area contributed by atoms with E-state index in [1.807, 2.05) is 53.1 Å². The number of ether oxygens (including phenoxy) is 1. The van der Waals surface area contributed by atoms with Crippen molar-refractivity contribution in [3.05, 3.63) is 89.6 Å². The van der Waals surface area contributed by atoms with Crippen LogP contribution in [0.25, 0.3) is 28.2 Å². The van der Waals surface area contributed by atoms with E-state index in [9.17, 15) is 14.7 Å². The number of aromatic hydroxyl groups is 1. The Hall–Kier alpha value is -5.25. The second-order valence-electron chi connectivity index (χ2n) is 9.65. The first-order chi connectivity index (χ1) is 19.5. The monoisotopic (exact) mass is 534 g/mol. The molecule has 0 bridgehead atoms. The number of phenolic OH excluding ortho intramolecular Hbond substituents is 1. The van der Waals surface area contributed by atoms with Gasteiger partial charge in [0, 0.05) is 24.5 Å². The number of rotatable bonds is 9. The highest BCUT2D eigenvalue weighted by Gasteiger charge is 2.25. The molecular formula is C30H26N6O4. The van der Waals surface area contributed by atoms with Gasteiger partial charge in [-0.3, -0.25) is 14.2 Å². The van der Waals surface area contributed by atoms with Gasteiger partial charge in [0.05, 0.1) is 17.5 Å². The van der Waals surface area contributed by atoms with Crippen LogP contribution in [-0.2, 0) is 17.8 Å². The summed E-state index contributed by atoms with van der Waals surface area (Å²) in [6.45, 7) is 0.322. The van der Waals surface area contributed by atoms with Crippen LogP contribution in [0.4, 0.5) is 5.82 Å². The zero-order valence-electron chi connectivity index (χ0n) is 21.4. The molecule has 0 saturated heterocycles. The standard InChI is InChI=1S/C30H26N6O4/c31-28-23(2-1-13-32-28)29-34-24-11-12-27(40-22-9-10-22)35-30(24)36(29)21-7-4-18(5-8-21)16-33-26(39)15-19-3-6-20(17-37)25(38)14-19/h1-8,11-14,17,22,38H,9-10,15-16H2,(H2,31,32)(H,33,39). The van der Waals surface area contributed by atoms with Crippen molar-refractivity contribution in [2.75, 3.05) is 5.73 Å². The molecule has 10 nitrogen and oxygen atoms in total. The molecule has 1 saturated carbocycles. The fourth-order valence-electron chi connectivity index (χ4n) is 4.40. The van der Waals surface area contributed by atoms with Gasteiger partial charge >= 0.3 is 0 Å². The van der Waals surface area contributed by atoms with Crippen LogP contribution in [0.3, 0.4) is 0 Å². The summed E-state index contributed by atoms with van der Waals surface area (Å²) in [7, 11) is 0. The SMILES string of the molecule is Nc1ncccc1-c1nc2ccc(OC3CC3)nc2n1-c1ccc(CNC(=O)Cc2ccc(C=O)c(O)c2)cc1. The Labute approximate surface area is 229 Å². The molecule has 1 amide bonds. The average Bonchev–Trinajstić information content (AvgIpc) is 3.70. The lowest BCUT2D eigenvalue weighted by Gasteiger charge is -2.12. The highest BCUT2D eigenvalue weighted by atomic mass is 16.5. The van der Waals surface area contributed by atoms with Gasteiger partial charge in [-0.25, -0.2) is 9.97 Å². The third kappa shape index (κ3) is 5.19. The summed E-state index contributed by atoms with van der Waals surface area (Å²) in [6, 6.07) is 19.7. The molecule has 0 aliphatic heterocycles. The predicted octanol–water partition coefficient (Wildman–Crippen LogP) is 3.98. The molecule has 6 rings (SSSR count). The molecule has 40 heavy (non-hydrogen) atoms. The van der Waals surface area contributed by atoms with Gasteiger partial charge in [0.2, 0.25) is 11.8 Å². The molecule has 10 heteroatoms. The molecule has 200 valence electrons. The molecule has 3 heterocycles. The van der Waals surface area contributed by atoms with Crippen molar-refractivity contribution >= 4 is 29.2 Å². The van der Waals surface area contributed by atoms with Crippen molar-refractivity contribution in [3.8, 4) is 28.7 Å². The van der Waals surface area contributed by atoms with Crippen LogP contribution in [0.15, 0.2) is 72.9 Å². The number of carbonyl (C=O) groups excluding carboxylic acids is 2. The number of carbonyl (C=O) groups is 2. The first-order valence-corrected chi connectivity index (χ1v) is 12.9. The van der Waals surface area contributed by atoms with Gasteiger partial charge in [-0.05, 0) is 66.4 Å². The van der Waals surface area contributed by atoms with Crippen LogP contribution in [0, 0.1) is 0 Å². The van der Waals surface area contributed by atoms with Crippen molar-refractivity contribution in [1.82, 2.24) is 24.8 Å². The van der Waals surface area contributed by atoms with Crippen LogP contribution in [0.2, 0.25) is 0 Å². The Morgan fingerprint density at radius 2 is 1.88 bits per heavy atom. The highest BCUT2D eigenvalue weighted by Crippen LogP contribution is 2.32. The zero-order valence-corrected chi connectivity index (χ0v) is 21.4. The minimum absolute atomic E-state index is 0.0820. The second kappa shape index (κ2) is 10.5. The zero-order chi connectivity index (χ0) is 27.6. The maximum atomic E-state index is 12.5. The number of imidazole rings is 1. The molecule has 1 aliphatic carbocycles. The molecule has 0 spiro atoms. The van der Waals surface area contributed by atoms with Crippen molar-refractivity contribution in [2.24, 2.45) is 0 Å². The Morgan fingerprint density at radius 1 is 1.07 bits per heavy atom. The van der Waals surface area contributed by atoms with E-state index in [1.165, 1.54) is 12.1 Å². The lowest BCUT2D eigenvalue weighted by molar-refractivity contribution is -0.120. The number of hydrogen-bond donors (Lipinski definition) is 3. The van der Waals surface area contributed by atoms with E-state index >= 15 is 0 Å². The summed E-state index contributed by atoms with van der Waals surface area (Å²) < 4.78 is 7.87. The van der Waals surface area contributed by atoms with Crippen molar-refractivity contribution < 1.29 is 19.4 Å². The average molecular weight is 535 g/mol. The number of aldehydes is 1. The van der Waals surface area contributed by atoms with Gasteiger partial charge in [-0.1, -0.05) is 18.2 Å². The Morgan fingerprint density at radius 3 is 2.60 bits per heavy atom. The summed E-state index contributed by atoms with van der Waals surface area (Å²) >= 11 is 0. The van der Waals surface area contributed by atoms with Crippen molar-refractivity contribution in [3.63, 3.8) is 0 Å². The predicted molar refractivity (Wildman–Crippen MR) is 149 cm³/mol. The van der Waals surface area contributed by atoms with Crippen LogP contribution < -0.4 is 15.8 Å². The lowest BCUT2D eigenvalue weighted by Crippen LogP contribution is -2.24. The van der Waals surface area contributed by atoms with Crippen LogP contribution >= 0.6 is 0 Å². The molecule has 1 aliphatic rings. The van der Waals surface area contributed by atoms with Crippen LogP contribution in [0.1, 0.15) is 34.3 Å². The fourth-order valence-corrected chi connectivity index (χ4v) is 4.40. The minimum atomic E-state index is -0.204. The van der Waals surface area contributed by atoms with E-state index in [0.717, 1.165) is 24.1 Å². The Bertz CT molecular complexity index is 1730. The number of benzene rings is 2. The maximum Gasteiger partial charge on any atom is 0.224 e. The topological polar surface area (TPSA) is 145 Å². The molecule has 0 atom stereocenters. The van der Waals surface area contributed by atoms with Gasteiger partial charge in [0.15, 0.2) is 17.8 Å². The third-order valence-corrected chi connectivity index (χ3v) is 6.64. The van der Waals surface area contributed by atoms with Gasteiger partial charge in [-0.15, -0.1) is 0 Å². The number of hydrogen-bond acceptors (Lipinski definition) is 8. The molecular weight excluding hydrogens is 508 g/mol. The maximum absolute atomic E-state index is 12.5. The largest absolute Gasteiger partial charge is 0.507 e. The van der Waals surface area contributed by atoms with Gasteiger partial charge in [0.1, 0.15) is 23.2 Å². The summed E-state index contributed by atoms with van der Waals surface area (Å²) in [5.41, 5.74) is 10.8. The number of pyridine rings is 2. The van der Waals surface area contributed by atoms with E-state index in [0.29, 0.717) is 52.6 Å². The minimum Gasteiger partial charge on any atom is -0.507 e. The van der Waals surface area contributed by atoms with Gasteiger partial charge < -0.3 is 20.9 Å². The molecule has 0 unspecified atom stereocenters. The number of anilines is 1. The summed E-state index contributed by atoms with van der Waals surface area (Å²) in [5, 5.41) is 12.7.